The molecule has 1 aromatic carbocycles. The molecule has 128 valence electrons. The molecule has 0 saturated carbocycles. The van der Waals surface area contributed by atoms with E-state index in [0.29, 0.717) is 10.7 Å². The number of rotatable bonds is 4. The van der Waals surface area contributed by atoms with E-state index in [1.165, 1.54) is 6.07 Å². The zero-order valence-corrected chi connectivity index (χ0v) is 13.6. The molecular formula is C17H12F3N3OS. The summed E-state index contributed by atoms with van der Waals surface area (Å²) in [7, 11) is 0. The van der Waals surface area contributed by atoms with Gasteiger partial charge in [0, 0.05) is 11.6 Å². The highest BCUT2D eigenvalue weighted by molar-refractivity contribution is 7.99. The topological polar surface area (TPSA) is 54.9 Å². The van der Waals surface area contributed by atoms with E-state index in [1.54, 1.807) is 12.3 Å². The van der Waals surface area contributed by atoms with E-state index < -0.39 is 11.7 Å². The fourth-order valence-corrected chi connectivity index (χ4v) is 2.75. The van der Waals surface area contributed by atoms with Crippen molar-refractivity contribution in [1.29, 1.82) is 0 Å². The number of para-hydroxylation sites is 1. The Morgan fingerprint density at radius 3 is 2.60 bits per heavy atom. The van der Waals surface area contributed by atoms with E-state index in [-0.39, 0.29) is 11.7 Å². The van der Waals surface area contributed by atoms with Crippen LogP contribution in [0.3, 0.4) is 0 Å². The number of benzene rings is 1. The maximum atomic E-state index is 12.5. The minimum Gasteiger partial charge on any atom is -0.324 e. The van der Waals surface area contributed by atoms with Gasteiger partial charge >= 0.3 is 6.18 Å². The Kier molecular flexibility index (Phi) is 4.89. The van der Waals surface area contributed by atoms with Gasteiger partial charge in [0.15, 0.2) is 0 Å². The summed E-state index contributed by atoms with van der Waals surface area (Å²) in [4.78, 5) is 19.9. The molecule has 3 rings (SSSR count). The largest absolute Gasteiger partial charge is 0.417 e. The molecule has 0 saturated heterocycles. The fourth-order valence-electron chi connectivity index (χ4n) is 2.11. The normalized spacial score (nSPS) is 11.5. The lowest BCUT2D eigenvalue weighted by atomic mass is 10.2. The van der Waals surface area contributed by atoms with E-state index in [1.807, 2.05) is 24.3 Å². The van der Waals surface area contributed by atoms with Crippen LogP contribution < -0.4 is 5.32 Å². The van der Waals surface area contributed by atoms with Gasteiger partial charge in [-0.05, 0) is 24.3 Å². The van der Waals surface area contributed by atoms with Gasteiger partial charge in [0.25, 0.3) is 0 Å². The molecule has 4 nitrogen and oxygen atoms in total. The summed E-state index contributed by atoms with van der Waals surface area (Å²) in [6.45, 7) is 0. The van der Waals surface area contributed by atoms with Crippen molar-refractivity contribution in [2.24, 2.45) is 0 Å². The van der Waals surface area contributed by atoms with Crippen molar-refractivity contribution < 1.29 is 18.0 Å². The predicted octanol–water partition coefficient (Wildman–Crippen LogP) is 4.38. The SMILES string of the molecule is O=C(CSc1ccc(C(F)(F)F)cn1)Nc1cnc2ccccc2c1. The van der Waals surface area contributed by atoms with Crippen LogP contribution in [0.15, 0.2) is 59.9 Å². The van der Waals surface area contributed by atoms with Crippen molar-refractivity contribution in [2.45, 2.75) is 11.2 Å². The third-order valence-corrected chi connectivity index (χ3v) is 4.23. The number of nitrogens with zero attached hydrogens (tertiary/aromatic N) is 2. The summed E-state index contributed by atoms with van der Waals surface area (Å²) in [5.74, 6) is -0.255. The summed E-state index contributed by atoms with van der Waals surface area (Å²) in [6, 6.07) is 11.5. The highest BCUT2D eigenvalue weighted by Crippen LogP contribution is 2.29. The van der Waals surface area contributed by atoms with Gasteiger partial charge in [-0.2, -0.15) is 13.2 Å². The van der Waals surface area contributed by atoms with Crippen molar-refractivity contribution >= 4 is 34.3 Å². The minimum absolute atomic E-state index is 0.0329. The van der Waals surface area contributed by atoms with Crippen LogP contribution >= 0.6 is 11.8 Å². The van der Waals surface area contributed by atoms with Crippen LogP contribution in [0.1, 0.15) is 5.56 Å². The number of pyridine rings is 2. The number of aromatic nitrogens is 2. The van der Waals surface area contributed by atoms with E-state index in [4.69, 9.17) is 0 Å². The van der Waals surface area contributed by atoms with Crippen LogP contribution in [0, 0.1) is 0 Å². The van der Waals surface area contributed by atoms with E-state index in [0.717, 1.165) is 34.9 Å². The third-order valence-electron chi connectivity index (χ3n) is 3.29. The van der Waals surface area contributed by atoms with Gasteiger partial charge in [-0.3, -0.25) is 9.78 Å². The lowest BCUT2D eigenvalue weighted by Crippen LogP contribution is -2.14. The van der Waals surface area contributed by atoms with E-state index >= 15 is 0 Å². The molecule has 8 heteroatoms. The molecule has 0 unspecified atom stereocenters. The van der Waals surface area contributed by atoms with Gasteiger partial charge in [-0.1, -0.05) is 30.0 Å². The average molecular weight is 363 g/mol. The van der Waals surface area contributed by atoms with Crippen LogP contribution in [0.5, 0.6) is 0 Å². The highest BCUT2D eigenvalue weighted by Gasteiger charge is 2.30. The summed E-state index contributed by atoms with van der Waals surface area (Å²) >= 11 is 1.06. The number of hydrogen-bond acceptors (Lipinski definition) is 4. The van der Waals surface area contributed by atoms with Crippen molar-refractivity contribution in [3.05, 3.63) is 60.4 Å². The number of amides is 1. The first-order chi connectivity index (χ1) is 11.9. The fraction of sp³-hybridized carbons (Fsp3) is 0.118. The van der Waals surface area contributed by atoms with Crippen LogP contribution in [0.25, 0.3) is 10.9 Å². The third kappa shape index (κ3) is 4.48. The molecule has 1 amide bonds. The summed E-state index contributed by atoms with van der Waals surface area (Å²) in [6.07, 6.45) is -2.11. The van der Waals surface area contributed by atoms with E-state index in [2.05, 4.69) is 15.3 Å². The van der Waals surface area contributed by atoms with Gasteiger partial charge in [-0.15, -0.1) is 0 Å². The molecule has 0 spiro atoms. The lowest BCUT2D eigenvalue weighted by Gasteiger charge is -2.07. The van der Waals surface area contributed by atoms with Crippen LogP contribution in [0.4, 0.5) is 18.9 Å². The Bertz CT molecular complexity index is 898. The molecule has 0 aliphatic carbocycles. The Morgan fingerprint density at radius 1 is 1.08 bits per heavy atom. The molecule has 0 aliphatic rings. The highest BCUT2D eigenvalue weighted by atomic mass is 32.2. The molecule has 2 heterocycles. The molecule has 0 atom stereocenters. The maximum absolute atomic E-state index is 12.5. The molecule has 0 bridgehead atoms. The van der Waals surface area contributed by atoms with E-state index in [9.17, 15) is 18.0 Å². The van der Waals surface area contributed by atoms with Gasteiger partial charge in [0.2, 0.25) is 5.91 Å². The van der Waals surface area contributed by atoms with Crippen LogP contribution in [-0.2, 0) is 11.0 Å². The second-order valence-corrected chi connectivity index (χ2v) is 6.13. The van der Waals surface area contributed by atoms with Crippen LogP contribution in [-0.4, -0.2) is 21.6 Å². The minimum atomic E-state index is -4.42. The second kappa shape index (κ2) is 7.10. The number of thioether (sulfide) groups is 1. The number of carbonyl (C=O) groups is 1. The zero-order chi connectivity index (χ0) is 17.9. The van der Waals surface area contributed by atoms with Crippen molar-refractivity contribution in [2.75, 3.05) is 11.1 Å². The smallest absolute Gasteiger partial charge is 0.324 e. The standard InChI is InChI=1S/C17H12F3N3OS/c18-17(19,20)12-5-6-16(22-8-12)25-10-15(24)23-13-7-11-3-1-2-4-14(11)21-9-13/h1-9H,10H2,(H,23,24). The molecule has 3 aromatic rings. The number of hydrogen-bond donors (Lipinski definition) is 1. The first-order valence-corrected chi connectivity index (χ1v) is 8.21. The number of halogens is 3. The molecule has 25 heavy (non-hydrogen) atoms. The molecule has 0 fully saturated rings. The number of nitrogens with one attached hydrogen (secondary N) is 1. The Labute approximate surface area is 145 Å². The molecule has 0 aliphatic heterocycles. The van der Waals surface area contributed by atoms with Gasteiger partial charge in [-0.25, -0.2) is 4.98 Å². The van der Waals surface area contributed by atoms with Gasteiger partial charge < -0.3 is 5.32 Å². The molecule has 2 aromatic heterocycles. The average Bonchev–Trinajstić information content (AvgIpc) is 2.59. The number of alkyl halides is 3. The lowest BCUT2D eigenvalue weighted by molar-refractivity contribution is -0.137. The first-order valence-electron chi connectivity index (χ1n) is 7.22. The van der Waals surface area contributed by atoms with Crippen LogP contribution in [0.2, 0.25) is 0 Å². The molecular weight excluding hydrogens is 351 g/mol. The van der Waals surface area contributed by atoms with Crippen molar-refractivity contribution in [3.8, 4) is 0 Å². The summed E-state index contributed by atoms with van der Waals surface area (Å²) in [5.41, 5.74) is 0.567. The monoisotopic (exact) mass is 363 g/mol. The number of carbonyl (C=O) groups excluding carboxylic acids is 1. The second-order valence-electron chi connectivity index (χ2n) is 5.14. The maximum Gasteiger partial charge on any atom is 0.417 e. The van der Waals surface area contributed by atoms with Gasteiger partial charge in [0.1, 0.15) is 0 Å². The zero-order valence-electron chi connectivity index (χ0n) is 12.7. The summed E-state index contributed by atoms with van der Waals surface area (Å²) in [5, 5.41) is 3.96. The summed E-state index contributed by atoms with van der Waals surface area (Å²) < 4.78 is 37.4. The molecule has 1 N–H and O–H groups in total. The Morgan fingerprint density at radius 2 is 1.88 bits per heavy atom. The van der Waals surface area contributed by atoms with Gasteiger partial charge in [0.05, 0.1) is 33.7 Å². The quantitative estimate of drug-likeness (QED) is 0.699. The van der Waals surface area contributed by atoms with Crippen molar-refractivity contribution in [1.82, 2.24) is 9.97 Å². The first kappa shape index (κ1) is 17.2. The predicted molar refractivity (Wildman–Crippen MR) is 90.3 cm³/mol. The Hall–Kier alpha value is -2.61. The Balaban J connectivity index is 1.58. The number of anilines is 1. The molecule has 0 radical (unpaired) electrons. The number of fused-ring (bicyclic) bond motifs is 1. The van der Waals surface area contributed by atoms with Crippen molar-refractivity contribution in [3.63, 3.8) is 0 Å².